The van der Waals surface area contributed by atoms with Crippen molar-refractivity contribution in [3.8, 4) is 11.8 Å². The van der Waals surface area contributed by atoms with E-state index in [2.05, 4.69) is 11.8 Å². The van der Waals surface area contributed by atoms with Gasteiger partial charge in [0.2, 0.25) is 0 Å². The second-order valence-electron chi connectivity index (χ2n) is 3.14. The average Bonchev–Trinajstić information content (AvgIpc) is 2.74. The van der Waals surface area contributed by atoms with Crippen LogP contribution >= 0.6 is 0 Å². The van der Waals surface area contributed by atoms with Crippen LogP contribution in [0.1, 0.15) is 12.5 Å². The van der Waals surface area contributed by atoms with Gasteiger partial charge >= 0.3 is 5.97 Å². The van der Waals surface area contributed by atoms with Gasteiger partial charge in [-0.25, -0.2) is 4.79 Å². The molecule has 3 nitrogen and oxygen atoms in total. The molecule has 1 heterocycles. The van der Waals surface area contributed by atoms with Gasteiger partial charge < -0.3 is 9.15 Å². The minimum atomic E-state index is -0.505. The van der Waals surface area contributed by atoms with Crippen LogP contribution in [0, 0.1) is 11.8 Å². The molecule has 0 unspecified atom stereocenters. The maximum atomic E-state index is 11.0. The van der Waals surface area contributed by atoms with Crippen LogP contribution in [-0.2, 0) is 9.53 Å². The average molecular weight is 214 g/mol. The van der Waals surface area contributed by atoms with Gasteiger partial charge in [-0.15, -0.1) is 0 Å². The van der Waals surface area contributed by atoms with E-state index < -0.39 is 5.97 Å². The molecule has 3 heteroatoms. The Labute approximate surface area is 93.0 Å². The first kappa shape index (κ1) is 10.3. The Kier molecular flexibility index (Phi) is 2.93. The van der Waals surface area contributed by atoms with Crippen molar-refractivity contribution in [2.45, 2.75) is 6.92 Å². The summed E-state index contributed by atoms with van der Waals surface area (Å²) < 4.78 is 9.90. The largest absolute Gasteiger partial charge is 0.464 e. The second kappa shape index (κ2) is 4.54. The van der Waals surface area contributed by atoms with Crippen LogP contribution < -0.4 is 0 Å². The molecule has 0 bridgehead atoms. The van der Waals surface area contributed by atoms with Gasteiger partial charge in [-0.3, -0.25) is 0 Å². The van der Waals surface area contributed by atoms with E-state index in [4.69, 9.17) is 9.15 Å². The highest BCUT2D eigenvalue weighted by Crippen LogP contribution is 2.16. The van der Waals surface area contributed by atoms with Crippen molar-refractivity contribution in [3.63, 3.8) is 0 Å². The molecule has 1 aromatic carbocycles. The maximum Gasteiger partial charge on any atom is 0.384 e. The van der Waals surface area contributed by atoms with Gasteiger partial charge in [0.05, 0.1) is 12.9 Å². The standard InChI is InChI=1S/C13H10O3/c1-2-15-13(14)6-4-10-3-5-12-11(9-10)7-8-16-12/h3,5,7-9H,2H2,1H3. The molecule has 0 spiro atoms. The van der Waals surface area contributed by atoms with Crippen LogP contribution in [0.2, 0.25) is 0 Å². The summed E-state index contributed by atoms with van der Waals surface area (Å²) in [5.41, 5.74) is 1.57. The zero-order valence-electron chi connectivity index (χ0n) is 8.82. The molecule has 0 aliphatic heterocycles. The Hall–Kier alpha value is -2.21. The van der Waals surface area contributed by atoms with Crippen LogP contribution in [-0.4, -0.2) is 12.6 Å². The van der Waals surface area contributed by atoms with Crippen molar-refractivity contribution in [2.24, 2.45) is 0 Å². The van der Waals surface area contributed by atoms with E-state index in [-0.39, 0.29) is 0 Å². The molecule has 0 atom stereocenters. The number of furan rings is 1. The van der Waals surface area contributed by atoms with Crippen molar-refractivity contribution >= 4 is 16.9 Å². The Balaban J connectivity index is 2.23. The lowest BCUT2D eigenvalue weighted by Crippen LogP contribution is -1.99. The van der Waals surface area contributed by atoms with E-state index >= 15 is 0 Å². The highest BCUT2D eigenvalue weighted by molar-refractivity contribution is 5.89. The molecular weight excluding hydrogens is 204 g/mol. The first-order valence-electron chi connectivity index (χ1n) is 4.95. The van der Waals surface area contributed by atoms with Gasteiger partial charge in [0.15, 0.2) is 0 Å². The number of carbonyl (C=O) groups excluding carboxylic acids is 1. The zero-order valence-corrected chi connectivity index (χ0v) is 8.82. The summed E-state index contributed by atoms with van der Waals surface area (Å²) in [5.74, 6) is 4.66. The molecule has 0 N–H and O–H groups in total. The summed E-state index contributed by atoms with van der Waals surface area (Å²) in [4.78, 5) is 11.0. The molecule has 0 amide bonds. The van der Waals surface area contributed by atoms with E-state index in [1.807, 2.05) is 18.2 Å². The molecule has 0 aliphatic carbocycles. The predicted octanol–water partition coefficient (Wildman–Crippen LogP) is 2.35. The van der Waals surface area contributed by atoms with E-state index in [1.54, 1.807) is 19.3 Å². The Morgan fingerprint density at radius 1 is 1.44 bits per heavy atom. The van der Waals surface area contributed by atoms with E-state index in [9.17, 15) is 4.79 Å². The number of fused-ring (bicyclic) bond motifs is 1. The quantitative estimate of drug-likeness (QED) is 0.540. The third kappa shape index (κ3) is 2.23. The molecular formula is C13H10O3. The van der Waals surface area contributed by atoms with Crippen molar-refractivity contribution in [1.29, 1.82) is 0 Å². The Bertz CT molecular complexity index is 569. The monoisotopic (exact) mass is 214 g/mol. The lowest BCUT2D eigenvalue weighted by Gasteiger charge is -1.92. The lowest BCUT2D eigenvalue weighted by molar-refractivity contribution is -0.136. The topological polar surface area (TPSA) is 39.4 Å². The number of carbonyl (C=O) groups is 1. The molecule has 2 aromatic rings. The van der Waals surface area contributed by atoms with E-state index in [1.165, 1.54) is 0 Å². The Morgan fingerprint density at radius 2 is 2.31 bits per heavy atom. The molecule has 0 aliphatic rings. The van der Waals surface area contributed by atoms with Crippen LogP contribution in [0.3, 0.4) is 0 Å². The molecule has 16 heavy (non-hydrogen) atoms. The van der Waals surface area contributed by atoms with Crippen LogP contribution in [0.5, 0.6) is 0 Å². The Morgan fingerprint density at radius 3 is 3.12 bits per heavy atom. The summed E-state index contributed by atoms with van der Waals surface area (Å²) >= 11 is 0. The maximum absolute atomic E-state index is 11.0. The number of esters is 1. The number of rotatable bonds is 1. The summed E-state index contributed by atoms with van der Waals surface area (Å²) in [7, 11) is 0. The molecule has 0 saturated heterocycles. The number of hydrogen-bond acceptors (Lipinski definition) is 3. The highest BCUT2D eigenvalue weighted by atomic mass is 16.5. The van der Waals surface area contributed by atoms with E-state index in [0.29, 0.717) is 6.61 Å². The summed E-state index contributed by atoms with van der Waals surface area (Å²) in [5, 5.41) is 0.968. The fraction of sp³-hybridized carbons (Fsp3) is 0.154. The van der Waals surface area contributed by atoms with Crippen LogP contribution in [0.25, 0.3) is 11.0 Å². The predicted molar refractivity (Wildman–Crippen MR) is 59.7 cm³/mol. The molecule has 2 rings (SSSR count). The minimum absolute atomic E-state index is 0.342. The highest BCUT2D eigenvalue weighted by Gasteiger charge is 1.97. The lowest BCUT2D eigenvalue weighted by atomic mass is 10.2. The van der Waals surface area contributed by atoms with Crippen molar-refractivity contribution < 1.29 is 13.9 Å². The number of hydrogen-bond donors (Lipinski definition) is 0. The van der Waals surface area contributed by atoms with Gasteiger partial charge in [-0.1, -0.05) is 5.92 Å². The summed E-state index contributed by atoms with van der Waals surface area (Å²) in [6, 6.07) is 7.35. The fourth-order valence-corrected chi connectivity index (χ4v) is 1.33. The normalized spacial score (nSPS) is 9.56. The van der Waals surface area contributed by atoms with Crippen molar-refractivity contribution in [3.05, 3.63) is 36.1 Å². The zero-order chi connectivity index (χ0) is 11.4. The van der Waals surface area contributed by atoms with Gasteiger partial charge in [0.25, 0.3) is 0 Å². The molecule has 80 valence electrons. The van der Waals surface area contributed by atoms with Crippen LogP contribution in [0.15, 0.2) is 34.9 Å². The van der Waals surface area contributed by atoms with Gasteiger partial charge in [-0.2, -0.15) is 0 Å². The molecule has 0 saturated carbocycles. The van der Waals surface area contributed by atoms with Gasteiger partial charge in [-0.05, 0) is 31.2 Å². The second-order valence-corrected chi connectivity index (χ2v) is 3.14. The number of ether oxygens (including phenoxy) is 1. The summed E-state index contributed by atoms with van der Waals surface area (Å²) in [6.45, 7) is 2.09. The SMILES string of the molecule is CCOC(=O)C#Cc1ccc2occc2c1. The number of benzene rings is 1. The first-order valence-corrected chi connectivity index (χ1v) is 4.95. The smallest absolute Gasteiger partial charge is 0.384 e. The van der Waals surface area contributed by atoms with Crippen LogP contribution in [0.4, 0.5) is 0 Å². The first-order chi connectivity index (χ1) is 7.79. The minimum Gasteiger partial charge on any atom is -0.464 e. The molecule has 0 radical (unpaired) electrons. The van der Waals surface area contributed by atoms with Crippen molar-refractivity contribution in [2.75, 3.05) is 6.61 Å². The van der Waals surface area contributed by atoms with Crippen molar-refractivity contribution in [1.82, 2.24) is 0 Å². The van der Waals surface area contributed by atoms with Gasteiger partial charge in [0, 0.05) is 16.9 Å². The van der Waals surface area contributed by atoms with E-state index in [0.717, 1.165) is 16.5 Å². The molecule has 0 fully saturated rings. The van der Waals surface area contributed by atoms with Gasteiger partial charge in [0.1, 0.15) is 5.58 Å². The molecule has 1 aromatic heterocycles. The fourth-order valence-electron chi connectivity index (χ4n) is 1.33. The summed E-state index contributed by atoms with van der Waals surface area (Å²) in [6.07, 6.45) is 1.62. The third-order valence-electron chi connectivity index (χ3n) is 2.04. The third-order valence-corrected chi connectivity index (χ3v) is 2.04.